The topological polar surface area (TPSA) is 86.0 Å². The second-order valence-electron chi connectivity index (χ2n) is 8.42. The fraction of sp³-hybridized carbons (Fsp3) is 0.455. The van der Waals surface area contributed by atoms with E-state index in [1.54, 1.807) is 30.0 Å². The summed E-state index contributed by atoms with van der Waals surface area (Å²) in [6.45, 7) is 2.88. The lowest BCUT2D eigenvalue weighted by Crippen LogP contribution is -2.28. The van der Waals surface area contributed by atoms with Gasteiger partial charge in [-0.25, -0.2) is 0 Å². The van der Waals surface area contributed by atoms with Crippen molar-refractivity contribution in [2.75, 3.05) is 25.4 Å². The summed E-state index contributed by atoms with van der Waals surface area (Å²) >= 11 is 1.64. The summed E-state index contributed by atoms with van der Waals surface area (Å²) in [7, 11) is 1.90. The highest BCUT2D eigenvalue weighted by Gasteiger charge is 2.60. The Balaban J connectivity index is 1.27. The van der Waals surface area contributed by atoms with E-state index in [-0.39, 0.29) is 5.41 Å². The molecule has 1 aromatic heterocycles. The molecule has 2 aliphatic rings. The van der Waals surface area contributed by atoms with Crippen LogP contribution in [0.1, 0.15) is 29.8 Å². The van der Waals surface area contributed by atoms with Crippen molar-refractivity contribution in [1.82, 2.24) is 19.7 Å². The fourth-order valence-corrected chi connectivity index (χ4v) is 5.48. The summed E-state index contributed by atoms with van der Waals surface area (Å²) < 4.78 is 40.4. The first-order valence-electron chi connectivity index (χ1n) is 10.5. The van der Waals surface area contributed by atoms with Gasteiger partial charge in [-0.15, -0.1) is 10.2 Å². The minimum Gasteiger partial charge on any atom is -0.405 e. The Labute approximate surface area is 189 Å². The molecule has 1 saturated carbocycles. The fourth-order valence-electron chi connectivity index (χ4n) is 4.65. The number of rotatable bonds is 8. The van der Waals surface area contributed by atoms with Crippen molar-refractivity contribution in [1.29, 1.82) is 0 Å². The van der Waals surface area contributed by atoms with Gasteiger partial charge in [0.25, 0.3) is 0 Å². The van der Waals surface area contributed by atoms with Crippen LogP contribution in [-0.4, -0.2) is 45.1 Å². The second kappa shape index (κ2) is 8.82. The average Bonchev–Trinajstić information content (AvgIpc) is 3.15. The highest BCUT2D eigenvalue weighted by Crippen LogP contribution is 2.59. The molecule has 4 rings (SSSR count). The van der Waals surface area contributed by atoms with E-state index in [1.807, 2.05) is 11.6 Å². The first kappa shape index (κ1) is 22.7. The van der Waals surface area contributed by atoms with Gasteiger partial charge in [0.1, 0.15) is 0 Å². The van der Waals surface area contributed by atoms with Crippen molar-refractivity contribution in [2.24, 2.45) is 24.4 Å². The summed E-state index contributed by atoms with van der Waals surface area (Å²) in [5.74, 6) is 2.11. The van der Waals surface area contributed by atoms with Gasteiger partial charge in [-0.05, 0) is 55.3 Å². The molecule has 0 spiro atoms. The van der Waals surface area contributed by atoms with Gasteiger partial charge in [0.05, 0.1) is 5.56 Å². The molecule has 2 atom stereocenters. The molecule has 10 heteroatoms. The molecule has 0 unspecified atom stereocenters. The maximum atomic E-state index is 12.8. The number of fused-ring (bicyclic) bond motifs is 1. The molecule has 6 nitrogen and oxygen atoms in total. The second-order valence-corrected chi connectivity index (χ2v) is 9.48. The molecule has 1 aromatic carbocycles. The molecule has 1 aliphatic carbocycles. The highest BCUT2D eigenvalue weighted by molar-refractivity contribution is 7.99. The Kier molecular flexibility index (Phi) is 6.26. The van der Waals surface area contributed by atoms with Crippen LogP contribution in [0.3, 0.4) is 0 Å². The largest absolute Gasteiger partial charge is 0.416 e. The van der Waals surface area contributed by atoms with Crippen LogP contribution in [0.5, 0.6) is 0 Å². The van der Waals surface area contributed by atoms with Crippen LogP contribution in [0.15, 0.2) is 47.9 Å². The Bertz CT molecular complexity index is 1010. The number of nitrogens with zero attached hydrogens (tertiary/aromatic N) is 4. The molecule has 0 radical (unpaired) electrons. The lowest BCUT2D eigenvalue weighted by atomic mass is 9.94. The molecular weight excluding hydrogens is 437 g/mol. The predicted molar refractivity (Wildman–Crippen MR) is 120 cm³/mol. The van der Waals surface area contributed by atoms with Crippen LogP contribution in [0.25, 0.3) is 5.57 Å². The lowest BCUT2D eigenvalue weighted by molar-refractivity contribution is -0.137. The Hall–Kier alpha value is -2.46. The van der Waals surface area contributed by atoms with Gasteiger partial charge in [0, 0.05) is 43.1 Å². The number of hydrogen-bond acceptors (Lipinski definition) is 6. The highest BCUT2D eigenvalue weighted by atomic mass is 32.2. The molecule has 32 heavy (non-hydrogen) atoms. The minimum atomic E-state index is -4.29. The van der Waals surface area contributed by atoms with Crippen molar-refractivity contribution in [3.63, 3.8) is 0 Å². The summed E-state index contributed by atoms with van der Waals surface area (Å²) in [6, 6.07) is 5.75. The zero-order chi connectivity index (χ0) is 22.9. The summed E-state index contributed by atoms with van der Waals surface area (Å²) in [4.78, 5) is 2.43. The Morgan fingerprint density at radius 2 is 2.00 bits per heavy atom. The quantitative estimate of drug-likeness (QED) is 0.354. The van der Waals surface area contributed by atoms with Gasteiger partial charge in [-0.1, -0.05) is 23.9 Å². The number of benzene rings is 1. The van der Waals surface area contributed by atoms with Crippen LogP contribution in [-0.2, 0) is 18.6 Å². The van der Waals surface area contributed by atoms with Crippen LogP contribution in [0, 0.1) is 5.92 Å². The molecule has 1 aliphatic heterocycles. The number of thioether (sulfide) groups is 1. The number of piperidine rings is 1. The zero-order valence-corrected chi connectivity index (χ0v) is 18.7. The number of nitrogens with two attached hydrogens (primary N) is 2. The summed E-state index contributed by atoms with van der Waals surface area (Å²) in [6.07, 6.45) is 2.32. The van der Waals surface area contributed by atoms with E-state index >= 15 is 0 Å². The number of halogens is 3. The third kappa shape index (κ3) is 4.38. The number of likely N-dealkylation sites (tertiary alicyclic amines) is 1. The van der Waals surface area contributed by atoms with E-state index in [0.29, 0.717) is 17.3 Å². The number of alkyl halides is 3. The molecule has 0 bridgehead atoms. The molecule has 172 valence electrons. The van der Waals surface area contributed by atoms with E-state index in [0.717, 1.165) is 48.9 Å². The lowest BCUT2D eigenvalue weighted by Gasteiger charge is -2.21. The van der Waals surface area contributed by atoms with Gasteiger partial charge in [-0.2, -0.15) is 13.2 Å². The van der Waals surface area contributed by atoms with Crippen molar-refractivity contribution < 1.29 is 13.2 Å². The number of allylic oxidation sites excluding steroid dienone is 2. The van der Waals surface area contributed by atoms with Crippen LogP contribution in [0.2, 0.25) is 0 Å². The summed E-state index contributed by atoms with van der Waals surface area (Å²) in [5.41, 5.74) is 12.3. The van der Waals surface area contributed by atoms with Crippen molar-refractivity contribution in [2.45, 2.75) is 29.6 Å². The van der Waals surface area contributed by atoms with Gasteiger partial charge in [-0.3, -0.25) is 0 Å². The van der Waals surface area contributed by atoms with Gasteiger partial charge in [0.2, 0.25) is 0 Å². The Morgan fingerprint density at radius 3 is 2.66 bits per heavy atom. The van der Waals surface area contributed by atoms with Gasteiger partial charge >= 0.3 is 6.18 Å². The monoisotopic (exact) mass is 464 g/mol. The smallest absolute Gasteiger partial charge is 0.405 e. The zero-order valence-electron chi connectivity index (χ0n) is 17.8. The van der Waals surface area contributed by atoms with Gasteiger partial charge in [0.15, 0.2) is 11.0 Å². The standard InChI is InChI=1S/C22H27F3N6S/c1-30-19(15(12-27)7-8-26)28-29-20(30)32-10-2-9-31-13-18-11-21(18,14-31)16-3-5-17(6-4-16)22(23,24)25/h3-8,12,18H,2,9-11,13-14,26-27H2,1H3/b8-7-,15-12+/t18-,21+/m0/s1. The first-order chi connectivity index (χ1) is 15.3. The maximum absolute atomic E-state index is 12.8. The van der Waals surface area contributed by atoms with E-state index in [4.69, 9.17) is 11.5 Å². The molecule has 2 aromatic rings. The van der Waals surface area contributed by atoms with Crippen molar-refractivity contribution in [3.05, 3.63) is 59.7 Å². The third-order valence-electron chi connectivity index (χ3n) is 6.40. The first-order valence-corrected chi connectivity index (χ1v) is 11.5. The van der Waals surface area contributed by atoms with Crippen LogP contribution in [0.4, 0.5) is 13.2 Å². The number of aromatic nitrogens is 3. The van der Waals surface area contributed by atoms with Crippen LogP contribution >= 0.6 is 11.8 Å². The summed E-state index contributed by atoms with van der Waals surface area (Å²) in [5, 5.41) is 9.25. The molecule has 1 saturated heterocycles. The SMILES string of the molecule is Cn1c(SCCCN2C[C@@H]3C[C@]3(c3ccc(C(F)(F)F)cc3)C2)nnc1C(/C=C\N)=C/N. The predicted octanol–water partition coefficient (Wildman–Crippen LogP) is 3.36. The number of hydrogen-bond donors (Lipinski definition) is 2. The van der Waals surface area contributed by atoms with E-state index in [9.17, 15) is 13.2 Å². The molecule has 2 heterocycles. The normalized spacial score (nSPS) is 23.8. The van der Waals surface area contributed by atoms with Crippen LogP contribution < -0.4 is 11.5 Å². The molecular formula is C22H27F3N6S. The Morgan fingerprint density at radius 1 is 1.25 bits per heavy atom. The maximum Gasteiger partial charge on any atom is 0.416 e. The van der Waals surface area contributed by atoms with Crippen molar-refractivity contribution >= 4 is 17.3 Å². The van der Waals surface area contributed by atoms with Gasteiger partial charge < -0.3 is 20.9 Å². The minimum absolute atomic E-state index is 0.0389. The van der Waals surface area contributed by atoms with E-state index in [1.165, 1.54) is 24.5 Å². The molecule has 2 fully saturated rings. The average molecular weight is 465 g/mol. The van der Waals surface area contributed by atoms with E-state index < -0.39 is 11.7 Å². The van der Waals surface area contributed by atoms with E-state index in [2.05, 4.69) is 15.1 Å². The molecule has 4 N–H and O–H groups in total. The third-order valence-corrected chi connectivity index (χ3v) is 7.51. The van der Waals surface area contributed by atoms with Crippen molar-refractivity contribution in [3.8, 4) is 0 Å². The molecule has 0 amide bonds.